The molecule has 0 atom stereocenters. The minimum Gasteiger partial charge on any atom is -0.298 e. The Hall–Kier alpha value is -1.38. The molecule has 6 heteroatoms. The zero-order valence-electron chi connectivity index (χ0n) is 7.69. The largest absolute Gasteiger partial charge is 0.298 e. The summed E-state index contributed by atoms with van der Waals surface area (Å²) in [6.07, 6.45) is 0.428. The highest BCUT2D eigenvalue weighted by atomic mass is 35.7. The van der Waals surface area contributed by atoms with E-state index in [-0.39, 0.29) is 16.0 Å². The molecule has 0 saturated heterocycles. The van der Waals surface area contributed by atoms with Gasteiger partial charge in [-0.25, -0.2) is 8.42 Å². The van der Waals surface area contributed by atoms with Crippen LogP contribution in [0.3, 0.4) is 0 Å². The minimum absolute atomic E-state index is 0.0247. The van der Waals surface area contributed by atoms with Gasteiger partial charge in [0, 0.05) is 16.2 Å². The van der Waals surface area contributed by atoms with E-state index in [9.17, 15) is 13.2 Å². The maximum atomic E-state index is 11.1. The first kappa shape index (κ1) is 11.7. The van der Waals surface area contributed by atoms with Gasteiger partial charge in [0.1, 0.15) is 11.0 Å². The van der Waals surface area contributed by atoms with Crippen LogP contribution in [0.5, 0.6) is 0 Å². The molecule has 0 aliphatic carbocycles. The monoisotopic (exact) mass is 243 g/mol. The third kappa shape index (κ3) is 2.35. The molecule has 78 valence electrons. The predicted octanol–water partition coefficient (Wildman–Crippen LogP) is 1.61. The summed E-state index contributed by atoms with van der Waals surface area (Å²) in [7, 11) is 1.14. The summed E-state index contributed by atoms with van der Waals surface area (Å²) in [5.74, 6) is 0. The topological polar surface area (TPSA) is 75.0 Å². The lowest BCUT2D eigenvalue weighted by atomic mass is 10.1. The van der Waals surface area contributed by atoms with Gasteiger partial charge in [-0.05, 0) is 24.6 Å². The average Bonchev–Trinajstić information content (AvgIpc) is 2.15. The number of carbonyl (C=O) groups is 1. The van der Waals surface area contributed by atoms with Gasteiger partial charge in [-0.3, -0.25) is 4.79 Å². The number of hydrogen-bond acceptors (Lipinski definition) is 4. The lowest BCUT2D eigenvalue weighted by molar-refractivity contribution is 0.112. The van der Waals surface area contributed by atoms with E-state index in [4.69, 9.17) is 15.9 Å². The second-order valence-electron chi connectivity index (χ2n) is 2.89. The fourth-order valence-electron chi connectivity index (χ4n) is 1.19. The van der Waals surface area contributed by atoms with Gasteiger partial charge in [0.15, 0.2) is 6.29 Å². The highest BCUT2D eigenvalue weighted by Crippen LogP contribution is 2.23. The normalized spacial score (nSPS) is 10.7. The molecule has 0 aliphatic heterocycles. The Kier molecular flexibility index (Phi) is 3.12. The van der Waals surface area contributed by atoms with Crippen LogP contribution in [0.4, 0.5) is 0 Å². The van der Waals surface area contributed by atoms with Crippen LogP contribution in [0.15, 0.2) is 17.0 Å². The third-order valence-electron chi connectivity index (χ3n) is 1.78. The number of carbonyl (C=O) groups excluding carboxylic acids is 1. The van der Waals surface area contributed by atoms with Crippen LogP contribution >= 0.6 is 10.7 Å². The Balaban J connectivity index is 3.74. The molecule has 0 heterocycles. The molecular weight excluding hydrogens is 238 g/mol. The molecule has 0 radical (unpaired) electrons. The molecule has 15 heavy (non-hydrogen) atoms. The molecule has 1 aromatic carbocycles. The van der Waals surface area contributed by atoms with E-state index < -0.39 is 9.05 Å². The molecule has 0 amide bonds. The van der Waals surface area contributed by atoms with Gasteiger partial charge in [-0.2, -0.15) is 5.26 Å². The molecule has 0 fully saturated rings. The SMILES string of the molecule is Cc1cc(C=O)c(C#N)c(S(=O)(=O)Cl)c1. The fraction of sp³-hybridized carbons (Fsp3) is 0.111. The highest BCUT2D eigenvalue weighted by molar-refractivity contribution is 8.13. The first-order valence-corrected chi connectivity index (χ1v) is 6.15. The van der Waals surface area contributed by atoms with Crippen LogP contribution in [-0.2, 0) is 9.05 Å². The molecule has 4 nitrogen and oxygen atoms in total. The van der Waals surface area contributed by atoms with Gasteiger partial charge < -0.3 is 0 Å². The molecule has 0 saturated carbocycles. The minimum atomic E-state index is -4.01. The molecular formula is C9H6ClNO3S. The second kappa shape index (κ2) is 4.01. The number of nitrogens with zero attached hydrogens (tertiary/aromatic N) is 1. The zero-order chi connectivity index (χ0) is 11.6. The van der Waals surface area contributed by atoms with Crippen LogP contribution in [0.2, 0.25) is 0 Å². The standard InChI is InChI=1S/C9H6ClNO3S/c1-6-2-7(5-12)8(4-11)9(3-6)15(10,13)14/h2-3,5H,1H3. The van der Waals surface area contributed by atoms with Crippen LogP contribution in [0.1, 0.15) is 21.5 Å². The number of rotatable bonds is 2. The molecule has 0 N–H and O–H groups in total. The Morgan fingerprint density at radius 3 is 2.47 bits per heavy atom. The van der Waals surface area contributed by atoms with E-state index in [1.54, 1.807) is 13.0 Å². The summed E-state index contributed by atoms with van der Waals surface area (Å²) >= 11 is 0. The molecule has 1 aromatic rings. The quantitative estimate of drug-likeness (QED) is 0.584. The number of nitriles is 1. The molecule has 1 rings (SSSR count). The number of hydrogen-bond donors (Lipinski definition) is 0. The highest BCUT2D eigenvalue weighted by Gasteiger charge is 2.19. The summed E-state index contributed by atoms with van der Waals surface area (Å²) in [4.78, 5) is 10.3. The first-order valence-electron chi connectivity index (χ1n) is 3.84. The van der Waals surface area contributed by atoms with Crippen molar-refractivity contribution in [3.63, 3.8) is 0 Å². The summed E-state index contributed by atoms with van der Waals surface area (Å²) in [6.45, 7) is 1.61. The Morgan fingerprint density at radius 2 is 2.07 bits per heavy atom. The van der Waals surface area contributed by atoms with E-state index in [0.29, 0.717) is 11.8 Å². The maximum Gasteiger partial charge on any atom is 0.262 e. The fourth-order valence-corrected chi connectivity index (χ4v) is 2.28. The number of benzene rings is 1. The van der Waals surface area contributed by atoms with Crippen molar-refractivity contribution in [1.82, 2.24) is 0 Å². The second-order valence-corrected chi connectivity index (χ2v) is 5.43. The van der Waals surface area contributed by atoms with Crippen molar-refractivity contribution in [2.75, 3.05) is 0 Å². The van der Waals surface area contributed by atoms with Gasteiger partial charge >= 0.3 is 0 Å². The van der Waals surface area contributed by atoms with Crippen molar-refractivity contribution in [2.45, 2.75) is 11.8 Å². The van der Waals surface area contributed by atoms with Gasteiger partial charge in [0.25, 0.3) is 9.05 Å². The lowest BCUT2D eigenvalue weighted by Crippen LogP contribution is -2.00. The smallest absolute Gasteiger partial charge is 0.262 e. The van der Waals surface area contributed by atoms with Crippen molar-refractivity contribution < 1.29 is 13.2 Å². The van der Waals surface area contributed by atoms with E-state index in [2.05, 4.69) is 0 Å². The van der Waals surface area contributed by atoms with Crippen LogP contribution in [0.25, 0.3) is 0 Å². The van der Waals surface area contributed by atoms with Gasteiger partial charge in [0.2, 0.25) is 0 Å². The summed E-state index contributed by atoms with van der Waals surface area (Å²) in [5, 5.41) is 8.75. The van der Waals surface area contributed by atoms with Crippen LogP contribution in [0, 0.1) is 18.3 Å². The van der Waals surface area contributed by atoms with Gasteiger partial charge in [0.05, 0.1) is 5.56 Å². The van der Waals surface area contributed by atoms with Crippen molar-refractivity contribution in [1.29, 1.82) is 5.26 Å². The van der Waals surface area contributed by atoms with Crippen LogP contribution < -0.4 is 0 Å². The Bertz CT molecular complexity index is 557. The summed E-state index contributed by atoms with van der Waals surface area (Å²) in [6, 6.07) is 4.34. The van der Waals surface area contributed by atoms with Gasteiger partial charge in [-0.1, -0.05) is 0 Å². The first-order chi connectivity index (χ1) is 6.90. The van der Waals surface area contributed by atoms with E-state index >= 15 is 0 Å². The summed E-state index contributed by atoms with van der Waals surface area (Å²) in [5.41, 5.74) is 0.359. The van der Waals surface area contributed by atoms with E-state index in [0.717, 1.165) is 0 Å². The number of aryl methyl sites for hydroxylation is 1. The van der Waals surface area contributed by atoms with Crippen molar-refractivity contribution in [3.8, 4) is 6.07 Å². The van der Waals surface area contributed by atoms with Crippen molar-refractivity contribution in [3.05, 3.63) is 28.8 Å². The Morgan fingerprint density at radius 1 is 1.47 bits per heavy atom. The number of halogens is 1. The third-order valence-corrected chi connectivity index (χ3v) is 3.12. The van der Waals surface area contributed by atoms with Crippen molar-refractivity contribution >= 4 is 26.0 Å². The maximum absolute atomic E-state index is 11.1. The molecule has 0 aromatic heterocycles. The predicted molar refractivity (Wildman–Crippen MR) is 54.3 cm³/mol. The lowest BCUT2D eigenvalue weighted by Gasteiger charge is -2.03. The van der Waals surface area contributed by atoms with Crippen molar-refractivity contribution in [2.24, 2.45) is 0 Å². The molecule has 0 spiro atoms. The number of aldehydes is 1. The van der Waals surface area contributed by atoms with Crippen LogP contribution in [-0.4, -0.2) is 14.7 Å². The molecule has 0 unspecified atom stereocenters. The zero-order valence-corrected chi connectivity index (χ0v) is 9.26. The van der Waals surface area contributed by atoms with E-state index in [1.807, 2.05) is 0 Å². The Labute approximate surface area is 91.5 Å². The summed E-state index contributed by atoms with van der Waals surface area (Å²) < 4.78 is 22.3. The average molecular weight is 244 g/mol. The molecule has 0 aliphatic rings. The van der Waals surface area contributed by atoms with Gasteiger partial charge in [-0.15, -0.1) is 0 Å². The molecule has 0 bridgehead atoms. The van der Waals surface area contributed by atoms with E-state index in [1.165, 1.54) is 12.1 Å².